The van der Waals surface area contributed by atoms with Gasteiger partial charge in [-0.2, -0.15) is 0 Å². The molecule has 0 aliphatic carbocycles. The molecule has 0 bridgehead atoms. The summed E-state index contributed by atoms with van der Waals surface area (Å²) < 4.78 is 22.5. The third-order valence-corrected chi connectivity index (χ3v) is 4.79. The Kier molecular flexibility index (Phi) is 6.68. The molecule has 3 nitrogen and oxygen atoms in total. The van der Waals surface area contributed by atoms with Crippen molar-refractivity contribution in [3.8, 4) is 0 Å². The molecule has 1 rings (SSSR count). The quantitative estimate of drug-likeness (QED) is 0.747. The summed E-state index contributed by atoms with van der Waals surface area (Å²) in [5.74, 6) is 0.509. The maximum atomic E-state index is 11.2. The predicted octanol–water partition coefficient (Wildman–Crippen LogP) is 2.30. The number of benzene rings is 1. The van der Waals surface area contributed by atoms with Gasteiger partial charge in [-0.15, -0.1) is 0 Å². The molecule has 18 heavy (non-hydrogen) atoms. The van der Waals surface area contributed by atoms with E-state index in [2.05, 4.69) is 5.32 Å². The van der Waals surface area contributed by atoms with Crippen molar-refractivity contribution in [1.29, 1.82) is 0 Å². The van der Waals surface area contributed by atoms with Crippen LogP contribution in [0.1, 0.15) is 18.9 Å². The van der Waals surface area contributed by atoms with Gasteiger partial charge in [-0.3, -0.25) is 0 Å². The van der Waals surface area contributed by atoms with Crippen LogP contribution in [0, 0.1) is 0 Å². The van der Waals surface area contributed by atoms with Gasteiger partial charge < -0.3 is 5.32 Å². The second-order valence-corrected chi connectivity index (χ2v) is 7.13. The molecule has 1 aromatic rings. The van der Waals surface area contributed by atoms with Crippen molar-refractivity contribution in [3.05, 3.63) is 34.9 Å². The molecule has 0 aromatic heterocycles. The Hall–Kier alpha value is -0.580. The van der Waals surface area contributed by atoms with Gasteiger partial charge in [0, 0.05) is 10.8 Å². The lowest BCUT2D eigenvalue weighted by atomic mass is 10.1. The van der Waals surface area contributed by atoms with E-state index in [0.29, 0.717) is 6.42 Å². The van der Waals surface area contributed by atoms with E-state index in [0.717, 1.165) is 24.5 Å². The van der Waals surface area contributed by atoms with Gasteiger partial charge in [-0.1, -0.05) is 30.7 Å². The highest BCUT2D eigenvalue weighted by molar-refractivity contribution is 7.91. The summed E-state index contributed by atoms with van der Waals surface area (Å²) in [5, 5.41) is 3.99. The summed E-state index contributed by atoms with van der Waals surface area (Å²) in [7, 11) is -2.82. The van der Waals surface area contributed by atoms with E-state index < -0.39 is 9.84 Å². The van der Waals surface area contributed by atoms with E-state index in [1.54, 1.807) is 6.92 Å². The minimum absolute atomic E-state index is 0.234. The maximum absolute atomic E-state index is 11.2. The summed E-state index contributed by atoms with van der Waals surface area (Å²) in [6.07, 6.45) is 1.61. The molecule has 0 spiro atoms. The largest absolute Gasteiger partial charge is 0.316 e. The highest BCUT2D eigenvalue weighted by Crippen LogP contribution is 2.09. The van der Waals surface area contributed by atoms with E-state index >= 15 is 0 Å². The van der Waals surface area contributed by atoms with Crippen LogP contribution in [-0.2, 0) is 16.3 Å². The minimum atomic E-state index is -2.82. The molecule has 0 saturated heterocycles. The van der Waals surface area contributed by atoms with Gasteiger partial charge >= 0.3 is 0 Å². The lowest BCUT2D eigenvalue weighted by Crippen LogP contribution is -2.21. The predicted molar refractivity (Wildman–Crippen MR) is 77.0 cm³/mol. The van der Waals surface area contributed by atoms with Gasteiger partial charge in [0.15, 0.2) is 0 Å². The molecule has 0 aliphatic rings. The van der Waals surface area contributed by atoms with Crippen LogP contribution < -0.4 is 5.32 Å². The summed E-state index contributed by atoms with van der Waals surface area (Å²) in [6.45, 7) is 3.28. The molecule has 102 valence electrons. The van der Waals surface area contributed by atoms with Crippen LogP contribution in [0.2, 0.25) is 5.02 Å². The van der Waals surface area contributed by atoms with Gasteiger partial charge in [0.2, 0.25) is 0 Å². The number of nitrogens with one attached hydrogen (secondary N) is 1. The molecule has 0 heterocycles. The number of hydrogen-bond acceptors (Lipinski definition) is 3. The second-order valence-electron chi connectivity index (χ2n) is 4.22. The van der Waals surface area contributed by atoms with Crippen LogP contribution in [0.3, 0.4) is 0 Å². The smallest absolute Gasteiger partial charge is 0.150 e. The Morgan fingerprint density at radius 2 is 1.83 bits per heavy atom. The van der Waals surface area contributed by atoms with Crippen molar-refractivity contribution in [1.82, 2.24) is 5.32 Å². The van der Waals surface area contributed by atoms with E-state index in [1.807, 2.05) is 24.3 Å². The Morgan fingerprint density at radius 1 is 1.17 bits per heavy atom. The first-order valence-corrected chi connectivity index (χ1v) is 8.39. The molecule has 0 saturated carbocycles. The van der Waals surface area contributed by atoms with Gasteiger partial charge in [0.05, 0.1) is 5.75 Å². The SMILES string of the molecule is CCS(=O)(=O)CCCNCCc1ccc(Cl)cc1. The molecule has 0 fully saturated rings. The van der Waals surface area contributed by atoms with Crippen molar-refractivity contribution in [2.75, 3.05) is 24.6 Å². The summed E-state index contributed by atoms with van der Waals surface area (Å²) >= 11 is 5.80. The van der Waals surface area contributed by atoms with Crippen LogP contribution in [0.15, 0.2) is 24.3 Å². The van der Waals surface area contributed by atoms with E-state index in [4.69, 9.17) is 11.6 Å². The molecule has 0 unspecified atom stereocenters. The molecular formula is C13H20ClNO2S. The number of sulfone groups is 1. The number of halogens is 1. The molecule has 0 aliphatic heterocycles. The zero-order valence-corrected chi connectivity index (χ0v) is 12.2. The van der Waals surface area contributed by atoms with Crippen LogP contribution >= 0.6 is 11.6 Å². The van der Waals surface area contributed by atoms with Crippen molar-refractivity contribution in [3.63, 3.8) is 0 Å². The normalized spacial score (nSPS) is 11.7. The fourth-order valence-corrected chi connectivity index (χ4v) is 2.57. The average molecular weight is 290 g/mol. The second kappa shape index (κ2) is 7.77. The van der Waals surface area contributed by atoms with Crippen molar-refractivity contribution in [2.45, 2.75) is 19.8 Å². The molecular weight excluding hydrogens is 270 g/mol. The Bertz CT molecular complexity index is 443. The first-order chi connectivity index (χ1) is 8.53. The lowest BCUT2D eigenvalue weighted by molar-refractivity contribution is 0.590. The van der Waals surface area contributed by atoms with Gasteiger partial charge in [-0.05, 0) is 43.6 Å². The van der Waals surface area contributed by atoms with E-state index in [1.165, 1.54) is 5.56 Å². The van der Waals surface area contributed by atoms with E-state index in [9.17, 15) is 8.42 Å². The highest BCUT2D eigenvalue weighted by atomic mass is 35.5. The van der Waals surface area contributed by atoms with Crippen LogP contribution in [-0.4, -0.2) is 33.0 Å². The zero-order chi connectivity index (χ0) is 13.4. The summed E-state index contributed by atoms with van der Waals surface area (Å²) in [6, 6.07) is 7.77. The Balaban J connectivity index is 2.11. The monoisotopic (exact) mass is 289 g/mol. The van der Waals surface area contributed by atoms with Crippen molar-refractivity contribution < 1.29 is 8.42 Å². The lowest BCUT2D eigenvalue weighted by Gasteiger charge is -2.05. The average Bonchev–Trinajstić information content (AvgIpc) is 2.36. The Morgan fingerprint density at radius 3 is 2.44 bits per heavy atom. The summed E-state index contributed by atoms with van der Waals surface area (Å²) in [4.78, 5) is 0. The van der Waals surface area contributed by atoms with Crippen LogP contribution in [0.25, 0.3) is 0 Å². The molecule has 1 N–H and O–H groups in total. The summed E-state index contributed by atoms with van der Waals surface area (Å²) in [5.41, 5.74) is 1.23. The van der Waals surface area contributed by atoms with Gasteiger partial charge in [-0.25, -0.2) is 8.42 Å². The first-order valence-electron chi connectivity index (χ1n) is 6.19. The standard InChI is InChI=1S/C13H20ClNO2S/c1-2-18(16,17)11-3-9-15-10-8-12-4-6-13(14)7-5-12/h4-7,15H,2-3,8-11H2,1H3. The first kappa shape index (κ1) is 15.5. The van der Waals surface area contributed by atoms with Crippen LogP contribution in [0.5, 0.6) is 0 Å². The maximum Gasteiger partial charge on any atom is 0.150 e. The van der Waals surface area contributed by atoms with Crippen LogP contribution in [0.4, 0.5) is 0 Å². The third kappa shape index (κ3) is 6.38. The highest BCUT2D eigenvalue weighted by Gasteiger charge is 2.05. The molecule has 5 heteroatoms. The fourth-order valence-electron chi connectivity index (χ4n) is 1.57. The van der Waals surface area contributed by atoms with Crippen molar-refractivity contribution >= 4 is 21.4 Å². The minimum Gasteiger partial charge on any atom is -0.316 e. The van der Waals surface area contributed by atoms with E-state index in [-0.39, 0.29) is 11.5 Å². The zero-order valence-electron chi connectivity index (χ0n) is 10.7. The van der Waals surface area contributed by atoms with Crippen molar-refractivity contribution in [2.24, 2.45) is 0 Å². The topological polar surface area (TPSA) is 46.2 Å². The fraction of sp³-hybridized carbons (Fsp3) is 0.538. The molecule has 0 radical (unpaired) electrons. The molecule has 0 amide bonds. The molecule has 1 aromatic carbocycles. The number of hydrogen-bond donors (Lipinski definition) is 1. The van der Waals surface area contributed by atoms with Gasteiger partial charge in [0.1, 0.15) is 9.84 Å². The number of rotatable bonds is 8. The third-order valence-electron chi connectivity index (χ3n) is 2.75. The molecule has 0 atom stereocenters. The van der Waals surface area contributed by atoms with Gasteiger partial charge in [0.25, 0.3) is 0 Å². The Labute approximate surface area is 114 Å².